The van der Waals surface area contributed by atoms with Gasteiger partial charge in [-0.05, 0) is 18.2 Å². The van der Waals surface area contributed by atoms with E-state index >= 15 is 0 Å². The normalized spacial score (nSPS) is 11.0. The number of fused-ring (bicyclic) bond motifs is 1. The van der Waals surface area contributed by atoms with Crippen LogP contribution in [-0.4, -0.2) is 30.5 Å². The van der Waals surface area contributed by atoms with Crippen molar-refractivity contribution in [3.8, 4) is 11.4 Å². The molecule has 0 saturated carbocycles. The van der Waals surface area contributed by atoms with E-state index in [1.165, 1.54) is 29.8 Å². The van der Waals surface area contributed by atoms with E-state index in [-0.39, 0.29) is 5.69 Å². The van der Waals surface area contributed by atoms with Crippen molar-refractivity contribution in [2.75, 3.05) is 5.32 Å². The molecule has 0 atom stereocenters. The van der Waals surface area contributed by atoms with Gasteiger partial charge in [0.05, 0.1) is 11.9 Å². The van der Waals surface area contributed by atoms with Crippen LogP contribution in [0, 0.1) is 5.82 Å². The topological polar surface area (TPSA) is 88.0 Å². The smallest absolute Gasteiger partial charge is 0.273 e. The number of benzene rings is 1. The number of aromatic amines is 1. The van der Waals surface area contributed by atoms with Crippen molar-refractivity contribution in [3.05, 3.63) is 53.9 Å². The van der Waals surface area contributed by atoms with E-state index in [0.717, 1.165) is 4.83 Å². The number of rotatable bonds is 3. The van der Waals surface area contributed by atoms with Crippen LogP contribution in [0.2, 0.25) is 0 Å². The van der Waals surface area contributed by atoms with E-state index in [1.807, 2.05) is 0 Å². The van der Waals surface area contributed by atoms with E-state index in [4.69, 9.17) is 0 Å². The summed E-state index contributed by atoms with van der Waals surface area (Å²) in [6, 6.07) is 4.34. The highest BCUT2D eigenvalue weighted by atomic mass is 32.1. The molecule has 0 aliphatic rings. The van der Waals surface area contributed by atoms with E-state index in [9.17, 15) is 9.18 Å². The van der Waals surface area contributed by atoms with Crippen molar-refractivity contribution in [3.63, 3.8) is 0 Å². The number of nitrogens with one attached hydrogen (secondary N) is 2. The first-order valence-electron chi connectivity index (χ1n) is 6.58. The van der Waals surface area contributed by atoms with Gasteiger partial charge in [0.25, 0.3) is 5.91 Å². The minimum atomic E-state index is -0.529. The molecule has 3 heterocycles. The first-order valence-corrected chi connectivity index (χ1v) is 7.46. The van der Waals surface area contributed by atoms with Crippen LogP contribution in [-0.2, 0) is 0 Å². The average Bonchev–Trinajstić information content (AvgIpc) is 3.26. The zero-order valence-electron chi connectivity index (χ0n) is 11.5. The maximum Gasteiger partial charge on any atom is 0.273 e. The molecule has 0 aliphatic heterocycles. The van der Waals surface area contributed by atoms with Crippen LogP contribution in [0.15, 0.2) is 42.4 Å². The van der Waals surface area contributed by atoms with Gasteiger partial charge in [0, 0.05) is 10.9 Å². The number of thiazole rings is 1. The van der Waals surface area contributed by atoms with E-state index in [0.29, 0.717) is 17.1 Å². The molecule has 0 fully saturated rings. The van der Waals surface area contributed by atoms with Crippen LogP contribution < -0.4 is 5.32 Å². The molecule has 0 unspecified atom stereocenters. The number of aromatic nitrogens is 5. The van der Waals surface area contributed by atoms with E-state index < -0.39 is 11.7 Å². The summed E-state index contributed by atoms with van der Waals surface area (Å²) in [4.78, 5) is 21.2. The summed E-state index contributed by atoms with van der Waals surface area (Å²) >= 11 is 1.39. The predicted octanol–water partition coefficient (Wildman–Crippen LogP) is 2.57. The predicted molar refractivity (Wildman–Crippen MR) is 82.8 cm³/mol. The number of imidazole rings is 1. The summed E-state index contributed by atoms with van der Waals surface area (Å²) in [5.41, 5.74) is 1.09. The lowest BCUT2D eigenvalue weighted by atomic mass is 10.2. The molecule has 3 aromatic heterocycles. The van der Waals surface area contributed by atoms with Gasteiger partial charge in [0.2, 0.25) is 0 Å². The Hall–Kier alpha value is -3.07. The van der Waals surface area contributed by atoms with E-state index in [2.05, 4.69) is 25.5 Å². The Bertz CT molecular complexity index is 990. The lowest BCUT2D eigenvalue weighted by molar-refractivity contribution is 0.102. The Morgan fingerprint density at radius 3 is 3.13 bits per heavy atom. The number of H-pyrrole nitrogens is 1. The average molecular weight is 328 g/mol. The number of carbonyl (C=O) groups is 1. The van der Waals surface area contributed by atoms with Crippen LogP contribution in [0.3, 0.4) is 0 Å². The Morgan fingerprint density at radius 2 is 2.30 bits per heavy atom. The minimum absolute atomic E-state index is 0.0726. The number of anilines is 1. The van der Waals surface area contributed by atoms with Crippen molar-refractivity contribution in [1.82, 2.24) is 24.6 Å². The molecule has 9 heteroatoms. The Morgan fingerprint density at radius 1 is 1.39 bits per heavy atom. The van der Waals surface area contributed by atoms with Gasteiger partial charge in [-0.3, -0.25) is 14.3 Å². The zero-order valence-corrected chi connectivity index (χ0v) is 12.3. The number of carbonyl (C=O) groups excluding carboxylic acids is 1. The van der Waals surface area contributed by atoms with Crippen LogP contribution in [0.4, 0.5) is 10.1 Å². The Labute approximate surface area is 132 Å². The fraction of sp³-hybridized carbons (Fsp3) is 0. The molecule has 0 aliphatic carbocycles. The van der Waals surface area contributed by atoms with Gasteiger partial charge in [-0.25, -0.2) is 14.4 Å². The van der Waals surface area contributed by atoms with Gasteiger partial charge in [0.1, 0.15) is 29.0 Å². The van der Waals surface area contributed by atoms with Gasteiger partial charge in [-0.2, -0.15) is 5.10 Å². The number of hydrogen-bond donors (Lipinski definition) is 2. The number of amides is 1. The Kier molecular flexibility index (Phi) is 3.12. The molecule has 0 radical (unpaired) electrons. The van der Waals surface area contributed by atoms with Gasteiger partial charge >= 0.3 is 0 Å². The molecule has 7 nitrogen and oxygen atoms in total. The second-order valence-electron chi connectivity index (χ2n) is 4.71. The van der Waals surface area contributed by atoms with Crippen molar-refractivity contribution in [2.45, 2.75) is 0 Å². The SMILES string of the molecule is O=C(Nc1cc(-c2ncn[nH]2)ccc1F)c1csc2cncn12. The molecule has 114 valence electrons. The molecule has 2 N–H and O–H groups in total. The molecular formula is C14H9FN6OS. The fourth-order valence-corrected chi connectivity index (χ4v) is 3.02. The molecule has 1 amide bonds. The minimum Gasteiger partial charge on any atom is -0.318 e. The van der Waals surface area contributed by atoms with Gasteiger partial charge < -0.3 is 5.32 Å². The first-order chi connectivity index (χ1) is 11.2. The molecule has 23 heavy (non-hydrogen) atoms. The van der Waals surface area contributed by atoms with Gasteiger partial charge in [-0.15, -0.1) is 11.3 Å². The lowest BCUT2D eigenvalue weighted by Crippen LogP contribution is -2.15. The third kappa shape index (κ3) is 2.36. The summed E-state index contributed by atoms with van der Waals surface area (Å²) in [6.45, 7) is 0. The summed E-state index contributed by atoms with van der Waals surface area (Å²) < 4.78 is 15.6. The fourth-order valence-electron chi connectivity index (χ4n) is 2.19. The third-order valence-corrected chi connectivity index (χ3v) is 4.18. The molecule has 0 bridgehead atoms. The highest BCUT2D eigenvalue weighted by Gasteiger charge is 2.15. The highest BCUT2D eigenvalue weighted by molar-refractivity contribution is 7.15. The maximum atomic E-state index is 14.0. The highest BCUT2D eigenvalue weighted by Crippen LogP contribution is 2.23. The number of hydrogen-bond acceptors (Lipinski definition) is 5. The molecule has 0 spiro atoms. The van der Waals surface area contributed by atoms with Crippen LogP contribution in [0.1, 0.15) is 10.5 Å². The summed E-state index contributed by atoms with van der Waals surface area (Å²) in [5.74, 6) is -0.449. The monoisotopic (exact) mass is 328 g/mol. The summed E-state index contributed by atoms with van der Waals surface area (Å²) in [5, 5.41) is 10.7. The Balaban J connectivity index is 1.67. The van der Waals surface area contributed by atoms with Gasteiger partial charge in [-0.1, -0.05) is 0 Å². The van der Waals surface area contributed by atoms with Crippen LogP contribution in [0.25, 0.3) is 16.2 Å². The zero-order chi connectivity index (χ0) is 15.8. The van der Waals surface area contributed by atoms with Crippen LogP contribution in [0.5, 0.6) is 0 Å². The standard InChI is InChI=1S/C14H9FN6OS/c15-9-2-1-8(13-17-6-18-20-13)3-10(9)19-14(22)11-5-23-12-4-16-7-21(11)12/h1-7H,(H,19,22)(H,17,18,20). The molecular weight excluding hydrogens is 319 g/mol. The summed E-state index contributed by atoms with van der Waals surface area (Å²) in [7, 11) is 0. The lowest BCUT2D eigenvalue weighted by Gasteiger charge is -2.07. The van der Waals surface area contributed by atoms with Gasteiger partial charge in [0.15, 0.2) is 5.82 Å². The quantitative estimate of drug-likeness (QED) is 0.605. The first kappa shape index (κ1) is 13.6. The molecule has 4 aromatic rings. The second-order valence-corrected chi connectivity index (χ2v) is 5.60. The van der Waals surface area contributed by atoms with Crippen molar-refractivity contribution < 1.29 is 9.18 Å². The summed E-state index contributed by atoms with van der Waals surface area (Å²) in [6.07, 6.45) is 4.56. The molecule has 0 saturated heterocycles. The molecule has 1 aromatic carbocycles. The van der Waals surface area contributed by atoms with E-state index in [1.54, 1.807) is 28.4 Å². The van der Waals surface area contributed by atoms with Crippen molar-refractivity contribution in [1.29, 1.82) is 0 Å². The van der Waals surface area contributed by atoms with Crippen LogP contribution >= 0.6 is 11.3 Å². The van der Waals surface area contributed by atoms with Crippen molar-refractivity contribution >= 4 is 27.8 Å². The largest absolute Gasteiger partial charge is 0.318 e. The maximum absolute atomic E-state index is 14.0. The molecule has 4 rings (SSSR count). The van der Waals surface area contributed by atoms with Crippen molar-refractivity contribution in [2.24, 2.45) is 0 Å². The second kappa shape index (κ2) is 5.29. The number of halogens is 1. The third-order valence-electron chi connectivity index (χ3n) is 3.29. The number of nitrogens with zero attached hydrogens (tertiary/aromatic N) is 4.